The largest absolute Gasteiger partial charge is 0.493 e. The van der Waals surface area contributed by atoms with Crippen LogP contribution in [0.1, 0.15) is 5.56 Å². The van der Waals surface area contributed by atoms with Gasteiger partial charge in [-0.05, 0) is 17.7 Å². The van der Waals surface area contributed by atoms with Gasteiger partial charge in [0.25, 0.3) is 5.69 Å². The van der Waals surface area contributed by atoms with Crippen molar-refractivity contribution in [3.8, 4) is 28.5 Å². The fourth-order valence-electron chi connectivity index (χ4n) is 3.72. The lowest BCUT2D eigenvalue weighted by Crippen LogP contribution is -2.07. The average Bonchev–Trinajstić information content (AvgIpc) is 2.90. The van der Waals surface area contributed by atoms with E-state index in [1.165, 1.54) is 21.3 Å². The number of nitro groups is 2. The zero-order chi connectivity index (χ0) is 25.8. The van der Waals surface area contributed by atoms with Gasteiger partial charge in [0.15, 0.2) is 22.8 Å². The summed E-state index contributed by atoms with van der Waals surface area (Å²) in [7, 11) is 4.53. The summed E-state index contributed by atoms with van der Waals surface area (Å²) in [5.74, 6) is 1.66. The minimum atomic E-state index is -0.707. The summed E-state index contributed by atoms with van der Waals surface area (Å²) in [6.07, 6.45) is 0. The Hall–Kier alpha value is -5.00. The number of fused-ring (bicyclic) bond motifs is 1. The maximum Gasteiger partial charge on any atom is 0.303 e. The molecule has 1 N–H and O–H groups in total. The van der Waals surface area contributed by atoms with Gasteiger partial charge >= 0.3 is 5.69 Å². The molecule has 0 saturated heterocycles. The Kier molecular flexibility index (Phi) is 6.77. The lowest BCUT2D eigenvalue weighted by molar-refractivity contribution is -0.393. The third-order valence-electron chi connectivity index (χ3n) is 5.37. The van der Waals surface area contributed by atoms with Crippen molar-refractivity contribution in [1.29, 1.82) is 0 Å². The minimum absolute atomic E-state index is 0.0166. The first-order chi connectivity index (χ1) is 17.4. The summed E-state index contributed by atoms with van der Waals surface area (Å²) in [6.45, 7) is 0.244. The maximum absolute atomic E-state index is 11.7. The lowest BCUT2D eigenvalue weighted by Gasteiger charge is -2.16. The van der Waals surface area contributed by atoms with Crippen LogP contribution in [0.25, 0.3) is 22.3 Å². The molecule has 0 aliphatic rings. The van der Waals surface area contributed by atoms with Crippen LogP contribution in [0.3, 0.4) is 0 Å². The van der Waals surface area contributed by atoms with E-state index in [1.807, 2.05) is 6.07 Å². The number of nitro benzene ring substituents is 2. The van der Waals surface area contributed by atoms with E-state index in [9.17, 15) is 20.2 Å². The quantitative estimate of drug-likeness (QED) is 0.256. The van der Waals surface area contributed by atoms with Gasteiger partial charge in [-0.25, -0.2) is 9.97 Å². The highest BCUT2D eigenvalue weighted by Gasteiger charge is 2.24. The molecule has 0 radical (unpaired) electrons. The molecule has 0 saturated carbocycles. The number of ether oxygens (including phenoxy) is 3. The van der Waals surface area contributed by atoms with Gasteiger partial charge in [0.2, 0.25) is 5.75 Å². The van der Waals surface area contributed by atoms with E-state index in [0.29, 0.717) is 28.5 Å². The van der Waals surface area contributed by atoms with E-state index in [1.54, 1.807) is 36.4 Å². The van der Waals surface area contributed by atoms with E-state index in [4.69, 9.17) is 14.2 Å². The molecule has 12 nitrogen and oxygen atoms in total. The molecular formula is C24H21N5O7. The third kappa shape index (κ3) is 4.64. The molecule has 12 heteroatoms. The number of non-ortho nitro benzene ring substituents is 2. The number of hydrogen-bond acceptors (Lipinski definition) is 10. The molecule has 4 rings (SSSR count). The zero-order valence-corrected chi connectivity index (χ0v) is 19.5. The Bertz CT molecular complexity index is 1440. The molecule has 0 aliphatic heterocycles. The maximum atomic E-state index is 11.7. The van der Waals surface area contributed by atoms with Crippen LogP contribution in [0.2, 0.25) is 0 Å². The highest BCUT2D eigenvalue weighted by molar-refractivity contribution is 5.91. The SMILES string of the molecule is COc1cc(CNc2nc3cc([N+](=O)[O-])cc([N+](=O)[O-])c3nc2-c2ccccc2)cc(OC)c1OC. The first kappa shape index (κ1) is 24.1. The first-order valence-electron chi connectivity index (χ1n) is 10.6. The molecule has 36 heavy (non-hydrogen) atoms. The van der Waals surface area contributed by atoms with Gasteiger partial charge in [-0.1, -0.05) is 30.3 Å². The molecule has 0 atom stereocenters. The van der Waals surface area contributed by atoms with Crippen LogP contribution < -0.4 is 19.5 Å². The second kappa shape index (κ2) is 10.1. The van der Waals surface area contributed by atoms with Gasteiger partial charge in [-0.2, -0.15) is 0 Å². The van der Waals surface area contributed by atoms with Crippen molar-refractivity contribution in [2.24, 2.45) is 0 Å². The number of anilines is 1. The number of methoxy groups -OCH3 is 3. The van der Waals surface area contributed by atoms with Gasteiger partial charge in [-0.15, -0.1) is 0 Å². The smallest absolute Gasteiger partial charge is 0.303 e. The lowest BCUT2D eigenvalue weighted by atomic mass is 10.1. The summed E-state index contributed by atoms with van der Waals surface area (Å²) >= 11 is 0. The van der Waals surface area contributed by atoms with Crippen LogP contribution in [0.15, 0.2) is 54.6 Å². The van der Waals surface area contributed by atoms with Crippen molar-refractivity contribution in [2.75, 3.05) is 26.6 Å². The van der Waals surface area contributed by atoms with Crippen molar-refractivity contribution >= 4 is 28.2 Å². The number of nitrogens with one attached hydrogen (secondary N) is 1. The van der Waals surface area contributed by atoms with E-state index in [-0.39, 0.29) is 23.4 Å². The molecule has 0 spiro atoms. The topological polar surface area (TPSA) is 152 Å². The zero-order valence-electron chi connectivity index (χ0n) is 19.5. The average molecular weight is 491 g/mol. The number of benzene rings is 3. The second-order valence-electron chi connectivity index (χ2n) is 7.52. The van der Waals surface area contributed by atoms with E-state index in [2.05, 4.69) is 15.3 Å². The fourth-order valence-corrected chi connectivity index (χ4v) is 3.72. The normalized spacial score (nSPS) is 10.6. The molecule has 184 valence electrons. The molecular weight excluding hydrogens is 470 g/mol. The van der Waals surface area contributed by atoms with E-state index >= 15 is 0 Å². The van der Waals surface area contributed by atoms with Crippen LogP contribution in [-0.2, 0) is 6.54 Å². The van der Waals surface area contributed by atoms with E-state index < -0.39 is 21.2 Å². The summed E-state index contributed by atoms with van der Waals surface area (Å²) in [4.78, 5) is 30.6. The van der Waals surface area contributed by atoms with Crippen molar-refractivity contribution in [3.05, 3.63) is 80.4 Å². The van der Waals surface area contributed by atoms with E-state index in [0.717, 1.165) is 17.7 Å². The second-order valence-corrected chi connectivity index (χ2v) is 7.52. The molecule has 1 heterocycles. The van der Waals surface area contributed by atoms with Crippen LogP contribution in [0, 0.1) is 20.2 Å². The van der Waals surface area contributed by atoms with Gasteiger partial charge in [0.05, 0.1) is 37.2 Å². The van der Waals surface area contributed by atoms with Gasteiger partial charge in [-0.3, -0.25) is 20.2 Å². The first-order valence-corrected chi connectivity index (χ1v) is 10.6. The molecule has 0 amide bonds. The molecule has 0 bridgehead atoms. The molecule has 3 aromatic carbocycles. The molecule has 4 aromatic rings. The predicted octanol–water partition coefficient (Wildman–Crippen LogP) is 4.75. The van der Waals surface area contributed by atoms with Crippen molar-refractivity contribution < 1.29 is 24.1 Å². The van der Waals surface area contributed by atoms with Crippen LogP contribution in [0.5, 0.6) is 17.2 Å². The Morgan fingerprint density at radius 2 is 1.53 bits per heavy atom. The Labute approximate surface area is 204 Å². The van der Waals surface area contributed by atoms with Gasteiger partial charge in [0, 0.05) is 18.2 Å². The van der Waals surface area contributed by atoms with Crippen molar-refractivity contribution in [1.82, 2.24) is 9.97 Å². The summed E-state index contributed by atoms with van der Waals surface area (Å²) in [5, 5.41) is 26.2. The number of nitrogens with zero attached hydrogens (tertiary/aromatic N) is 4. The fraction of sp³-hybridized carbons (Fsp3) is 0.167. The van der Waals surface area contributed by atoms with Gasteiger partial charge < -0.3 is 19.5 Å². The highest BCUT2D eigenvalue weighted by Crippen LogP contribution is 2.39. The molecule has 0 aliphatic carbocycles. The standard InChI is InChI=1S/C24H21N5O7/c1-34-19-9-14(10-20(35-2)23(19)36-3)13-25-24-21(15-7-5-4-6-8-15)27-22-17(26-24)11-16(28(30)31)12-18(22)29(32)33/h4-12H,13H2,1-3H3,(H,25,26). The number of rotatable bonds is 9. The van der Waals surface area contributed by atoms with Crippen LogP contribution >= 0.6 is 0 Å². The minimum Gasteiger partial charge on any atom is -0.493 e. The summed E-state index contributed by atoms with van der Waals surface area (Å²) < 4.78 is 16.2. The molecule has 0 unspecified atom stereocenters. The highest BCUT2D eigenvalue weighted by atomic mass is 16.6. The Balaban J connectivity index is 1.85. The van der Waals surface area contributed by atoms with Gasteiger partial charge in [0.1, 0.15) is 11.2 Å². The predicted molar refractivity (Wildman–Crippen MR) is 132 cm³/mol. The Morgan fingerprint density at radius 3 is 2.08 bits per heavy atom. The molecule has 1 aromatic heterocycles. The third-order valence-corrected chi connectivity index (χ3v) is 5.37. The molecule has 0 fully saturated rings. The Morgan fingerprint density at radius 1 is 0.861 bits per heavy atom. The summed E-state index contributed by atoms with van der Waals surface area (Å²) in [5.41, 5.74) is 0.784. The summed E-state index contributed by atoms with van der Waals surface area (Å²) in [6, 6.07) is 14.6. The monoisotopic (exact) mass is 491 g/mol. The van der Waals surface area contributed by atoms with Crippen molar-refractivity contribution in [3.63, 3.8) is 0 Å². The number of aromatic nitrogens is 2. The van der Waals surface area contributed by atoms with Crippen LogP contribution in [0.4, 0.5) is 17.2 Å². The number of hydrogen-bond donors (Lipinski definition) is 1. The van der Waals surface area contributed by atoms with Crippen molar-refractivity contribution in [2.45, 2.75) is 6.54 Å². The van der Waals surface area contributed by atoms with Crippen LogP contribution in [-0.4, -0.2) is 41.1 Å².